The quantitative estimate of drug-likeness (QED) is 0.0793. The first-order valence-corrected chi connectivity index (χ1v) is 17.4. The van der Waals surface area contributed by atoms with Gasteiger partial charge in [-0.25, -0.2) is 14.0 Å². The summed E-state index contributed by atoms with van der Waals surface area (Å²) in [6, 6.07) is 7.94. The van der Waals surface area contributed by atoms with Gasteiger partial charge in [-0.3, -0.25) is 9.59 Å². The fraction of sp³-hybridized carbons (Fsp3) is 0.500. The van der Waals surface area contributed by atoms with E-state index < -0.39 is 47.0 Å². The number of hydrogen-bond donors (Lipinski definition) is 1. The molecule has 0 spiro atoms. The van der Waals surface area contributed by atoms with E-state index in [1.54, 1.807) is 24.3 Å². The average Bonchev–Trinajstić information content (AvgIpc) is 3.09. The maximum atomic E-state index is 15.0. The lowest BCUT2D eigenvalue weighted by atomic mass is 9.87. The second-order valence-electron chi connectivity index (χ2n) is 14.2. The molecule has 1 heterocycles. The molecule has 1 amide bonds. The van der Waals surface area contributed by atoms with Gasteiger partial charge < -0.3 is 29.0 Å². The number of rotatable bonds is 17. The fourth-order valence-electron chi connectivity index (χ4n) is 5.36. The third kappa shape index (κ3) is 12.0. The van der Waals surface area contributed by atoms with Crippen LogP contribution in [0, 0.1) is 23.1 Å². The molecule has 0 aliphatic carbocycles. The Labute approximate surface area is 300 Å². The number of halogens is 1. The maximum absolute atomic E-state index is 15.0. The van der Waals surface area contributed by atoms with Gasteiger partial charge in [0.05, 0.1) is 12.5 Å². The van der Waals surface area contributed by atoms with Crippen LogP contribution in [0.1, 0.15) is 84.5 Å². The predicted octanol–water partition coefficient (Wildman–Crippen LogP) is 7.08. The van der Waals surface area contributed by atoms with Gasteiger partial charge >= 0.3 is 11.9 Å². The largest absolute Gasteiger partial charge is 0.504 e. The zero-order valence-electron chi connectivity index (χ0n) is 30.8. The van der Waals surface area contributed by atoms with Gasteiger partial charge in [0, 0.05) is 18.7 Å². The number of nitrogens with zero attached hydrogens (tertiary/aromatic N) is 1. The van der Waals surface area contributed by atoms with E-state index in [4.69, 9.17) is 18.9 Å². The van der Waals surface area contributed by atoms with Crippen LogP contribution in [0.2, 0.25) is 0 Å². The number of methoxy groups -OCH3 is 1. The van der Waals surface area contributed by atoms with Crippen LogP contribution in [0.25, 0.3) is 0 Å². The monoisotopic (exact) mass is 709 g/mol. The van der Waals surface area contributed by atoms with Crippen molar-refractivity contribution in [2.75, 3.05) is 26.9 Å². The number of phenolic OH excluding ortho intramolecular Hbond substituents is 1. The van der Waals surface area contributed by atoms with Crippen LogP contribution in [-0.2, 0) is 35.1 Å². The number of Topliss-reactive ketones (excluding diaryl/α,β-unsaturated/α-hetero) is 1. The van der Waals surface area contributed by atoms with Crippen molar-refractivity contribution in [3.05, 3.63) is 77.6 Å². The first-order chi connectivity index (χ1) is 24.0. The fourth-order valence-corrected chi connectivity index (χ4v) is 5.36. The van der Waals surface area contributed by atoms with E-state index in [-0.39, 0.29) is 61.7 Å². The molecule has 0 radical (unpaired) electrons. The van der Waals surface area contributed by atoms with Crippen molar-refractivity contribution >= 4 is 23.6 Å². The summed E-state index contributed by atoms with van der Waals surface area (Å²) in [5, 5.41) is 10.1. The molecule has 1 saturated heterocycles. The number of aryl methyl sites for hydroxylation is 1. The Morgan fingerprint density at radius 1 is 1.08 bits per heavy atom. The van der Waals surface area contributed by atoms with Crippen LogP contribution in [-0.4, -0.2) is 66.5 Å². The van der Waals surface area contributed by atoms with Gasteiger partial charge in [-0.1, -0.05) is 46.4 Å². The Bertz CT molecular complexity index is 1600. The molecule has 2 aromatic rings. The van der Waals surface area contributed by atoms with Crippen molar-refractivity contribution in [3.8, 4) is 17.2 Å². The highest BCUT2D eigenvalue weighted by molar-refractivity contribution is 6.38. The minimum atomic E-state index is -1.35. The first-order valence-electron chi connectivity index (χ1n) is 17.4. The number of phenols is 1. The Kier molecular flexibility index (Phi) is 14.8. The van der Waals surface area contributed by atoms with Gasteiger partial charge in [0.1, 0.15) is 36.9 Å². The summed E-state index contributed by atoms with van der Waals surface area (Å²) in [4.78, 5) is 54.4. The second-order valence-corrected chi connectivity index (χ2v) is 14.2. The molecule has 1 N–H and O–H groups in total. The van der Waals surface area contributed by atoms with Gasteiger partial charge in [0.2, 0.25) is 5.78 Å². The summed E-state index contributed by atoms with van der Waals surface area (Å²) < 4.78 is 37.4. The molecule has 1 aliphatic heterocycles. The number of carbonyl (C=O) groups is 4. The Balaban J connectivity index is 1.86. The summed E-state index contributed by atoms with van der Waals surface area (Å²) in [5.41, 5.74) is 0.593. The molecule has 3 rings (SSSR count). The second kappa shape index (κ2) is 18.5. The molecule has 0 aromatic heterocycles. The van der Waals surface area contributed by atoms with Crippen molar-refractivity contribution in [2.24, 2.45) is 17.3 Å². The zero-order chi connectivity index (χ0) is 37.9. The molecule has 11 heteroatoms. The smallest absolute Gasteiger partial charge is 0.330 e. The van der Waals surface area contributed by atoms with E-state index in [9.17, 15) is 24.3 Å². The van der Waals surface area contributed by atoms with E-state index in [1.165, 1.54) is 50.1 Å². The Hall–Kier alpha value is -4.67. The van der Waals surface area contributed by atoms with Crippen LogP contribution < -0.4 is 9.47 Å². The third-order valence-electron chi connectivity index (χ3n) is 8.74. The number of likely N-dealkylation sites (tertiary alicyclic amines) is 1. The molecule has 278 valence electrons. The minimum Gasteiger partial charge on any atom is -0.504 e. The summed E-state index contributed by atoms with van der Waals surface area (Å²) in [6.07, 6.45) is 4.03. The van der Waals surface area contributed by atoms with E-state index in [1.807, 2.05) is 27.7 Å². The topological polar surface area (TPSA) is 129 Å². The van der Waals surface area contributed by atoms with Crippen molar-refractivity contribution in [1.82, 2.24) is 4.90 Å². The van der Waals surface area contributed by atoms with Crippen molar-refractivity contribution in [1.29, 1.82) is 0 Å². The normalized spacial score (nSPS) is 15.5. The molecule has 1 aliphatic rings. The molecule has 0 saturated carbocycles. The number of ether oxygens (including phenoxy) is 4. The average molecular weight is 710 g/mol. The lowest BCUT2D eigenvalue weighted by Crippen LogP contribution is -2.53. The number of aromatic hydroxyl groups is 1. The van der Waals surface area contributed by atoms with Crippen molar-refractivity contribution in [2.45, 2.75) is 85.8 Å². The van der Waals surface area contributed by atoms with Gasteiger partial charge in [-0.2, -0.15) is 0 Å². The molecule has 2 aromatic carbocycles. The lowest BCUT2D eigenvalue weighted by Gasteiger charge is -2.36. The molecule has 1 fully saturated rings. The first kappa shape index (κ1) is 40.8. The zero-order valence-corrected chi connectivity index (χ0v) is 30.8. The highest BCUT2D eigenvalue weighted by Gasteiger charge is 2.42. The van der Waals surface area contributed by atoms with E-state index in [2.05, 4.69) is 6.58 Å². The molecule has 51 heavy (non-hydrogen) atoms. The molecular weight excluding hydrogens is 657 g/mol. The van der Waals surface area contributed by atoms with E-state index >= 15 is 4.39 Å². The molecule has 2 atom stereocenters. The number of ketones is 1. The van der Waals surface area contributed by atoms with Gasteiger partial charge in [-0.05, 0) is 98.8 Å². The molecular formula is C40H52FNO9. The summed E-state index contributed by atoms with van der Waals surface area (Å²) >= 11 is 0. The van der Waals surface area contributed by atoms with Crippen LogP contribution in [0.4, 0.5) is 4.39 Å². The van der Waals surface area contributed by atoms with E-state index in [0.29, 0.717) is 24.8 Å². The minimum absolute atomic E-state index is 0.0277. The van der Waals surface area contributed by atoms with Gasteiger partial charge in [0.15, 0.2) is 11.5 Å². The number of hydrogen-bond acceptors (Lipinski definition) is 9. The number of carbonyl (C=O) groups excluding carboxylic acids is 4. The van der Waals surface area contributed by atoms with Crippen molar-refractivity contribution in [3.63, 3.8) is 0 Å². The Morgan fingerprint density at radius 2 is 1.80 bits per heavy atom. The molecule has 10 nitrogen and oxygen atoms in total. The number of amides is 1. The highest BCUT2D eigenvalue weighted by Crippen LogP contribution is 2.33. The summed E-state index contributed by atoms with van der Waals surface area (Å²) in [7, 11) is 1.44. The highest BCUT2D eigenvalue weighted by atomic mass is 19.1. The maximum Gasteiger partial charge on any atom is 0.330 e. The summed E-state index contributed by atoms with van der Waals surface area (Å²) in [6.45, 7) is 14.8. The Morgan fingerprint density at radius 3 is 2.47 bits per heavy atom. The molecule has 0 unspecified atom stereocenters. The SMILES string of the molecule is C=C(COc1cc(F)cc([C@@H](CCc2ccc(O)c(OC)c2)OC(=O)[C@@H]2CCCCN2C(=O)C(=O)C(C)(C)COC(=O)C=CC(C)C)c1)C(C)C. The van der Waals surface area contributed by atoms with Crippen molar-refractivity contribution < 1.29 is 47.6 Å². The van der Waals surface area contributed by atoms with Crippen LogP contribution >= 0.6 is 0 Å². The molecule has 0 bridgehead atoms. The number of esters is 2. The standard InChI is InChI=1S/C40H52FNO9/c1-25(2)12-17-36(44)50-24-40(6,7)37(45)38(46)42-18-10-9-11-32(42)39(47)51-34(16-14-28-13-15-33(43)35(19-28)48-8)29-20-30(41)22-31(21-29)49-23-27(5)26(3)4/h12-13,15,17,19-22,25-26,32,34,43H,5,9-11,14,16,18,23-24H2,1-4,6-8H3/t32-,34+/m0/s1. The van der Waals surface area contributed by atoms with Gasteiger partial charge in [0.25, 0.3) is 5.91 Å². The van der Waals surface area contributed by atoms with Crippen LogP contribution in [0.5, 0.6) is 17.2 Å². The predicted molar refractivity (Wildman–Crippen MR) is 191 cm³/mol. The third-order valence-corrected chi connectivity index (χ3v) is 8.74. The number of piperidine rings is 1. The van der Waals surface area contributed by atoms with Crippen LogP contribution in [0.3, 0.4) is 0 Å². The van der Waals surface area contributed by atoms with E-state index in [0.717, 1.165) is 11.1 Å². The van der Waals surface area contributed by atoms with Crippen LogP contribution in [0.15, 0.2) is 60.7 Å². The van der Waals surface area contributed by atoms with Gasteiger partial charge in [-0.15, -0.1) is 0 Å². The lowest BCUT2D eigenvalue weighted by molar-refractivity contribution is -0.165. The number of benzene rings is 2. The summed E-state index contributed by atoms with van der Waals surface area (Å²) in [5.74, 6) is -2.82. The number of allylic oxidation sites excluding steroid dienone is 1.